The van der Waals surface area contributed by atoms with Gasteiger partial charge in [-0.1, -0.05) is 18.2 Å². The highest BCUT2D eigenvalue weighted by Gasteiger charge is 2.26. The average Bonchev–Trinajstić information content (AvgIpc) is 2.98. The van der Waals surface area contributed by atoms with E-state index in [4.69, 9.17) is 5.73 Å². The molecule has 3 rings (SSSR count). The molecule has 1 aromatic carbocycles. The summed E-state index contributed by atoms with van der Waals surface area (Å²) in [5, 5.41) is 0. The molecule has 2 nitrogen and oxygen atoms in total. The summed E-state index contributed by atoms with van der Waals surface area (Å²) in [6.45, 7) is 1.72. The van der Waals surface area contributed by atoms with E-state index in [2.05, 4.69) is 57.2 Å². The molecule has 0 aliphatic carbocycles. The lowest BCUT2D eigenvalue weighted by Gasteiger charge is -2.28. The van der Waals surface area contributed by atoms with Gasteiger partial charge in [0.15, 0.2) is 0 Å². The molecule has 1 aliphatic rings. The molecular weight excluding hydrogens is 308 g/mol. The van der Waals surface area contributed by atoms with Crippen LogP contribution in [-0.2, 0) is 6.42 Å². The molecule has 0 saturated heterocycles. The molecule has 0 spiro atoms. The Bertz CT molecular complexity index is 552. The van der Waals surface area contributed by atoms with Crippen LogP contribution in [0.15, 0.2) is 40.2 Å². The van der Waals surface area contributed by atoms with Crippen molar-refractivity contribution >= 4 is 33.0 Å². The number of rotatable bonds is 3. The van der Waals surface area contributed by atoms with Crippen LogP contribution in [0.1, 0.15) is 16.5 Å². The van der Waals surface area contributed by atoms with Crippen LogP contribution < -0.4 is 10.6 Å². The van der Waals surface area contributed by atoms with E-state index in [-0.39, 0.29) is 0 Å². The second-order valence-electron chi connectivity index (χ2n) is 4.47. The van der Waals surface area contributed by atoms with Gasteiger partial charge in [-0.3, -0.25) is 0 Å². The van der Waals surface area contributed by atoms with Crippen LogP contribution in [0.5, 0.6) is 0 Å². The Hall–Kier alpha value is -0.840. The van der Waals surface area contributed by atoms with Gasteiger partial charge in [-0.05, 0) is 46.1 Å². The van der Waals surface area contributed by atoms with Gasteiger partial charge in [-0.15, -0.1) is 11.3 Å². The van der Waals surface area contributed by atoms with E-state index in [1.807, 2.05) is 0 Å². The van der Waals surface area contributed by atoms with Crippen molar-refractivity contribution in [1.82, 2.24) is 0 Å². The molecule has 2 aromatic rings. The number of benzene rings is 1. The summed E-state index contributed by atoms with van der Waals surface area (Å²) in [6, 6.07) is 13.2. The van der Waals surface area contributed by atoms with Crippen LogP contribution in [0.25, 0.3) is 0 Å². The maximum Gasteiger partial charge on any atom is 0.0757 e. The fraction of sp³-hybridized carbons (Fsp3) is 0.286. The maximum absolute atomic E-state index is 6.00. The standard InChI is InChI=1S/C14H15BrN2S/c15-14-6-5-13(18-14)12(9-16)17-8-7-10-3-1-2-4-11(10)17/h1-6,12H,7-9,16H2. The third-order valence-corrected chi connectivity index (χ3v) is 5.17. The third-order valence-electron chi connectivity index (χ3n) is 3.44. The number of fused-ring (bicyclic) bond motifs is 1. The van der Waals surface area contributed by atoms with Crippen molar-refractivity contribution < 1.29 is 0 Å². The molecule has 0 radical (unpaired) electrons. The molecule has 2 N–H and O–H groups in total. The van der Waals surface area contributed by atoms with Gasteiger partial charge in [-0.2, -0.15) is 0 Å². The average molecular weight is 323 g/mol. The molecule has 0 bridgehead atoms. The van der Waals surface area contributed by atoms with Crippen LogP contribution >= 0.6 is 27.3 Å². The maximum atomic E-state index is 6.00. The molecule has 0 amide bonds. The van der Waals surface area contributed by atoms with E-state index in [1.54, 1.807) is 11.3 Å². The Morgan fingerprint density at radius 2 is 2.11 bits per heavy atom. The summed E-state index contributed by atoms with van der Waals surface area (Å²) >= 11 is 5.31. The van der Waals surface area contributed by atoms with Crippen molar-refractivity contribution in [1.29, 1.82) is 0 Å². The predicted molar refractivity (Wildman–Crippen MR) is 81.3 cm³/mol. The molecule has 1 atom stereocenters. The Balaban J connectivity index is 1.95. The van der Waals surface area contributed by atoms with Crippen LogP contribution in [0.2, 0.25) is 0 Å². The van der Waals surface area contributed by atoms with Gasteiger partial charge in [0.1, 0.15) is 0 Å². The number of anilines is 1. The summed E-state index contributed by atoms with van der Waals surface area (Å²) in [6.07, 6.45) is 1.12. The van der Waals surface area contributed by atoms with Gasteiger partial charge in [0.2, 0.25) is 0 Å². The Morgan fingerprint density at radius 3 is 2.83 bits per heavy atom. The van der Waals surface area contributed by atoms with E-state index in [1.165, 1.54) is 19.9 Å². The number of hydrogen-bond donors (Lipinski definition) is 1. The van der Waals surface area contributed by atoms with Gasteiger partial charge in [0.05, 0.1) is 9.83 Å². The fourth-order valence-corrected chi connectivity index (χ4v) is 4.14. The lowest BCUT2D eigenvalue weighted by Crippen LogP contribution is -2.31. The van der Waals surface area contributed by atoms with Crippen molar-refractivity contribution in [3.05, 3.63) is 50.6 Å². The highest BCUT2D eigenvalue weighted by molar-refractivity contribution is 9.11. The van der Waals surface area contributed by atoms with Gasteiger partial charge < -0.3 is 10.6 Å². The molecule has 1 aromatic heterocycles. The predicted octanol–water partition coefficient (Wildman–Crippen LogP) is 3.57. The smallest absolute Gasteiger partial charge is 0.0757 e. The number of nitrogens with zero attached hydrogens (tertiary/aromatic N) is 1. The first-order valence-electron chi connectivity index (χ1n) is 6.09. The van der Waals surface area contributed by atoms with Crippen molar-refractivity contribution in [3.8, 4) is 0 Å². The minimum Gasteiger partial charge on any atom is -0.362 e. The van der Waals surface area contributed by atoms with Crippen molar-refractivity contribution in [3.63, 3.8) is 0 Å². The highest BCUT2D eigenvalue weighted by atomic mass is 79.9. The lowest BCUT2D eigenvalue weighted by molar-refractivity contribution is 0.659. The van der Waals surface area contributed by atoms with E-state index in [0.29, 0.717) is 12.6 Å². The molecule has 0 fully saturated rings. The summed E-state index contributed by atoms with van der Waals surface area (Å²) < 4.78 is 1.17. The zero-order valence-corrected chi connectivity index (χ0v) is 12.4. The number of para-hydroxylation sites is 1. The minimum absolute atomic E-state index is 0.296. The molecular formula is C14H15BrN2S. The van der Waals surface area contributed by atoms with Crippen LogP contribution in [0.4, 0.5) is 5.69 Å². The highest BCUT2D eigenvalue weighted by Crippen LogP contribution is 2.37. The van der Waals surface area contributed by atoms with E-state index in [9.17, 15) is 0 Å². The van der Waals surface area contributed by atoms with Crippen molar-refractivity contribution in [2.75, 3.05) is 18.0 Å². The van der Waals surface area contributed by atoms with E-state index < -0.39 is 0 Å². The second-order valence-corrected chi connectivity index (χ2v) is 6.96. The molecule has 18 heavy (non-hydrogen) atoms. The Kier molecular flexibility index (Phi) is 3.41. The third kappa shape index (κ3) is 2.09. The molecule has 0 saturated carbocycles. The fourth-order valence-electron chi connectivity index (χ4n) is 2.59. The van der Waals surface area contributed by atoms with Gasteiger partial charge in [0, 0.05) is 23.7 Å². The largest absolute Gasteiger partial charge is 0.362 e. The molecule has 94 valence electrons. The molecule has 1 unspecified atom stereocenters. The SMILES string of the molecule is NCC(c1ccc(Br)s1)N1CCc2ccccc21. The summed E-state index contributed by atoms with van der Waals surface area (Å²) in [7, 11) is 0. The lowest BCUT2D eigenvalue weighted by atomic mass is 10.1. The first kappa shape index (κ1) is 12.2. The summed E-state index contributed by atoms with van der Waals surface area (Å²) in [5.74, 6) is 0. The van der Waals surface area contributed by atoms with Gasteiger partial charge in [0.25, 0.3) is 0 Å². The number of nitrogens with two attached hydrogens (primary N) is 1. The normalized spacial score (nSPS) is 15.8. The number of halogens is 1. The zero-order valence-electron chi connectivity index (χ0n) is 9.97. The van der Waals surface area contributed by atoms with Gasteiger partial charge >= 0.3 is 0 Å². The Labute approximate surface area is 120 Å². The second kappa shape index (κ2) is 5.03. The van der Waals surface area contributed by atoms with Crippen LogP contribution in [-0.4, -0.2) is 13.1 Å². The molecule has 1 aliphatic heterocycles. The summed E-state index contributed by atoms with van der Waals surface area (Å²) in [4.78, 5) is 3.77. The van der Waals surface area contributed by atoms with E-state index >= 15 is 0 Å². The quantitative estimate of drug-likeness (QED) is 0.936. The first-order chi connectivity index (χ1) is 8.79. The van der Waals surface area contributed by atoms with E-state index in [0.717, 1.165) is 13.0 Å². The van der Waals surface area contributed by atoms with Crippen LogP contribution in [0, 0.1) is 0 Å². The minimum atomic E-state index is 0.296. The first-order valence-corrected chi connectivity index (χ1v) is 7.70. The molecule has 2 heterocycles. The molecule has 4 heteroatoms. The summed E-state index contributed by atoms with van der Waals surface area (Å²) in [5.41, 5.74) is 8.78. The number of thiophene rings is 1. The van der Waals surface area contributed by atoms with Gasteiger partial charge in [-0.25, -0.2) is 0 Å². The van der Waals surface area contributed by atoms with Crippen molar-refractivity contribution in [2.45, 2.75) is 12.5 Å². The number of hydrogen-bond acceptors (Lipinski definition) is 3. The monoisotopic (exact) mass is 322 g/mol. The van der Waals surface area contributed by atoms with Crippen LogP contribution in [0.3, 0.4) is 0 Å². The topological polar surface area (TPSA) is 29.3 Å². The Morgan fingerprint density at radius 1 is 1.28 bits per heavy atom. The zero-order chi connectivity index (χ0) is 12.5. The van der Waals surface area contributed by atoms with Crippen molar-refractivity contribution in [2.24, 2.45) is 5.73 Å².